The molecule has 1 aromatic rings. The molecule has 0 radical (unpaired) electrons. The second kappa shape index (κ2) is 5.86. The van der Waals surface area contributed by atoms with Gasteiger partial charge in [0.05, 0.1) is 5.75 Å². The van der Waals surface area contributed by atoms with Crippen LogP contribution in [0.5, 0.6) is 0 Å². The molecular formula is C9H16N4O2S. The summed E-state index contributed by atoms with van der Waals surface area (Å²) in [6.07, 6.45) is 1.64. The number of hydrogen-bond acceptors (Lipinski definition) is 5. The molecule has 0 aliphatic rings. The van der Waals surface area contributed by atoms with E-state index >= 15 is 0 Å². The predicted octanol–water partition coefficient (Wildman–Crippen LogP) is 0.577. The van der Waals surface area contributed by atoms with E-state index < -0.39 is 5.97 Å². The Balaban J connectivity index is 2.65. The number of thioether (sulfide) groups is 1. The van der Waals surface area contributed by atoms with Crippen molar-refractivity contribution in [1.82, 2.24) is 19.7 Å². The van der Waals surface area contributed by atoms with Gasteiger partial charge in [0.25, 0.3) is 0 Å². The molecule has 1 aromatic heterocycles. The Kier molecular flexibility index (Phi) is 4.75. The smallest absolute Gasteiger partial charge is 0.313 e. The molecule has 0 amide bonds. The Morgan fingerprint density at radius 1 is 1.69 bits per heavy atom. The van der Waals surface area contributed by atoms with Gasteiger partial charge in [-0.15, -0.1) is 10.2 Å². The van der Waals surface area contributed by atoms with Gasteiger partial charge in [-0.1, -0.05) is 11.8 Å². The van der Waals surface area contributed by atoms with Crippen molar-refractivity contribution in [2.45, 2.75) is 18.1 Å². The minimum Gasteiger partial charge on any atom is -0.481 e. The van der Waals surface area contributed by atoms with Crippen LogP contribution in [-0.2, 0) is 4.79 Å². The molecule has 90 valence electrons. The summed E-state index contributed by atoms with van der Waals surface area (Å²) in [6, 6.07) is 0.223. The van der Waals surface area contributed by atoms with Crippen molar-refractivity contribution in [2.75, 3.05) is 26.4 Å². The van der Waals surface area contributed by atoms with Crippen LogP contribution in [0.2, 0.25) is 0 Å². The normalized spacial score (nSPS) is 13.0. The van der Waals surface area contributed by atoms with Crippen molar-refractivity contribution in [2.24, 2.45) is 0 Å². The van der Waals surface area contributed by atoms with Crippen LogP contribution in [0.4, 0.5) is 0 Å². The average Bonchev–Trinajstić information content (AvgIpc) is 2.61. The highest BCUT2D eigenvalue weighted by atomic mass is 32.2. The fourth-order valence-corrected chi connectivity index (χ4v) is 2.11. The van der Waals surface area contributed by atoms with Crippen LogP contribution in [0.15, 0.2) is 11.5 Å². The maximum absolute atomic E-state index is 10.5. The maximum atomic E-state index is 10.5. The zero-order valence-corrected chi connectivity index (χ0v) is 10.4. The van der Waals surface area contributed by atoms with Gasteiger partial charge in [0.1, 0.15) is 6.33 Å². The molecule has 1 N–H and O–H groups in total. The second-order valence-corrected chi connectivity index (χ2v) is 4.76. The van der Waals surface area contributed by atoms with E-state index in [4.69, 9.17) is 5.11 Å². The van der Waals surface area contributed by atoms with Gasteiger partial charge in [-0.3, -0.25) is 4.79 Å². The van der Waals surface area contributed by atoms with E-state index in [1.807, 2.05) is 25.6 Å². The number of likely N-dealkylation sites (N-methyl/N-ethyl adjacent to an activating group) is 1. The number of rotatable bonds is 6. The summed E-state index contributed by atoms with van der Waals surface area (Å²) in [5.74, 6) is -0.840. The summed E-state index contributed by atoms with van der Waals surface area (Å²) in [7, 11) is 3.98. The lowest BCUT2D eigenvalue weighted by Gasteiger charge is -2.18. The van der Waals surface area contributed by atoms with Crippen LogP contribution in [-0.4, -0.2) is 57.1 Å². The van der Waals surface area contributed by atoms with Crippen molar-refractivity contribution in [1.29, 1.82) is 0 Å². The van der Waals surface area contributed by atoms with E-state index in [1.54, 1.807) is 6.33 Å². The monoisotopic (exact) mass is 244 g/mol. The molecule has 1 atom stereocenters. The van der Waals surface area contributed by atoms with Crippen molar-refractivity contribution in [3.8, 4) is 0 Å². The van der Waals surface area contributed by atoms with Crippen LogP contribution in [0.25, 0.3) is 0 Å². The van der Waals surface area contributed by atoms with Gasteiger partial charge < -0.3 is 14.6 Å². The van der Waals surface area contributed by atoms with Crippen molar-refractivity contribution < 1.29 is 9.90 Å². The van der Waals surface area contributed by atoms with Gasteiger partial charge in [-0.25, -0.2) is 0 Å². The number of aliphatic carboxylic acids is 1. The minimum absolute atomic E-state index is 0.00732. The number of hydrogen-bond donors (Lipinski definition) is 1. The maximum Gasteiger partial charge on any atom is 0.313 e. The Hall–Kier alpha value is -1.08. The van der Waals surface area contributed by atoms with Crippen LogP contribution >= 0.6 is 11.8 Å². The number of carboxylic acids is 1. The minimum atomic E-state index is -0.847. The van der Waals surface area contributed by atoms with E-state index in [9.17, 15) is 4.79 Å². The summed E-state index contributed by atoms with van der Waals surface area (Å²) < 4.78 is 1.90. The van der Waals surface area contributed by atoms with Crippen LogP contribution < -0.4 is 0 Å². The molecule has 0 saturated carbocycles. The Morgan fingerprint density at radius 3 is 2.94 bits per heavy atom. The molecule has 0 aromatic carbocycles. The first-order valence-corrected chi connectivity index (χ1v) is 5.88. The highest BCUT2D eigenvalue weighted by Crippen LogP contribution is 2.18. The van der Waals surface area contributed by atoms with Gasteiger partial charge in [0.15, 0.2) is 5.16 Å². The highest BCUT2D eigenvalue weighted by Gasteiger charge is 2.13. The number of aromatic nitrogens is 3. The third-order valence-corrected chi connectivity index (χ3v) is 2.91. The molecule has 7 heteroatoms. The Labute approximate surface area is 98.7 Å². The summed E-state index contributed by atoms with van der Waals surface area (Å²) in [4.78, 5) is 12.5. The summed E-state index contributed by atoms with van der Waals surface area (Å²) in [5, 5.41) is 17.0. The molecular weight excluding hydrogens is 228 g/mol. The zero-order chi connectivity index (χ0) is 12.1. The zero-order valence-electron chi connectivity index (χ0n) is 9.62. The van der Waals surface area contributed by atoms with Crippen molar-refractivity contribution in [3.63, 3.8) is 0 Å². The van der Waals surface area contributed by atoms with Crippen molar-refractivity contribution in [3.05, 3.63) is 6.33 Å². The molecule has 0 bridgehead atoms. The van der Waals surface area contributed by atoms with E-state index in [1.165, 1.54) is 11.8 Å². The topological polar surface area (TPSA) is 71.2 Å². The van der Waals surface area contributed by atoms with Crippen LogP contribution in [0.1, 0.15) is 13.0 Å². The number of carbonyl (C=O) groups is 1. The molecule has 0 aliphatic carbocycles. The quantitative estimate of drug-likeness (QED) is 0.738. The first-order valence-electron chi connectivity index (χ1n) is 4.89. The summed E-state index contributed by atoms with van der Waals surface area (Å²) in [5.41, 5.74) is 0. The van der Waals surface area contributed by atoms with Gasteiger partial charge in [0.2, 0.25) is 0 Å². The third-order valence-electron chi connectivity index (χ3n) is 1.97. The first-order chi connectivity index (χ1) is 7.50. The lowest BCUT2D eigenvalue weighted by atomic mass is 10.3. The van der Waals surface area contributed by atoms with Crippen molar-refractivity contribution >= 4 is 17.7 Å². The fourth-order valence-electron chi connectivity index (χ4n) is 1.38. The molecule has 1 unspecified atom stereocenters. The molecule has 0 aliphatic heterocycles. The third kappa shape index (κ3) is 3.82. The predicted molar refractivity (Wildman–Crippen MR) is 61.6 cm³/mol. The molecule has 16 heavy (non-hydrogen) atoms. The van der Waals surface area contributed by atoms with Gasteiger partial charge in [-0.05, 0) is 21.0 Å². The fraction of sp³-hybridized carbons (Fsp3) is 0.667. The Morgan fingerprint density at radius 2 is 2.38 bits per heavy atom. The largest absolute Gasteiger partial charge is 0.481 e. The molecule has 0 spiro atoms. The SMILES string of the molecule is CC(CN(C)C)n1cnnc1SCC(=O)O. The number of carboxylic acid groups (broad SMARTS) is 1. The molecule has 1 rings (SSSR count). The highest BCUT2D eigenvalue weighted by molar-refractivity contribution is 7.99. The van der Waals surface area contributed by atoms with Crippen LogP contribution in [0.3, 0.4) is 0 Å². The molecule has 1 heterocycles. The molecule has 0 fully saturated rings. The van der Waals surface area contributed by atoms with Crippen LogP contribution in [0, 0.1) is 0 Å². The standard InChI is InChI=1S/C9H16N4O2S/c1-7(4-12(2)3)13-6-10-11-9(13)16-5-8(14)15/h6-7H,4-5H2,1-3H3,(H,14,15). The van der Waals surface area contributed by atoms with Gasteiger partial charge in [-0.2, -0.15) is 0 Å². The average molecular weight is 244 g/mol. The van der Waals surface area contributed by atoms with E-state index in [0.29, 0.717) is 5.16 Å². The van der Waals surface area contributed by atoms with Gasteiger partial charge in [0, 0.05) is 12.6 Å². The summed E-state index contributed by atoms with van der Waals surface area (Å²) >= 11 is 1.19. The summed E-state index contributed by atoms with van der Waals surface area (Å²) in [6.45, 7) is 2.91. The van der Waals surface area contributed by atoms with E-state index in [-0.39, 0.29) is 11.8 Å². The lowest BCUT2D eigenvalue weighted by molar-refractivity contribution is -0.133. The Bertz CT molecular complexity index is 353. The van der Waals surface area contributed by atoms with E-state index in [0.717, 1.165) is 6.54 Å². The second-order valence-electron chi connectivity index (χ2n) is 3.81. The first kappa shape index (κ1) is 13.0. The lowest BCUT2D eigenvalue weighted by Crippen LogP contribution is -2.22. The molecule has 0 saturated heterocycles. The van der Waals surface area contributed by atoms with E-state index in [2.05, 4.69) is 15.1 Å². The molecule has 6 nitrogen and oxygen atoms in total. The number of nitrogens with zero attached hydrogens (tertiary/aromatic N) is 4. The van der Waals surface area contributed by atoms with Gasteiger partial charge >= 0.3 is 5.97 Å².